The molecule has 31 heavy (non-hydrogen) atoms. The van der Waals surface area contributed by atoms with Crippen LogP contribution in [-0.2, 0) is 29.0 Å². The summed E-state index contributed by atoms with van der Waals surface area (Å²) in [7, 11) is 0. The number of amides is 2. The van der Waals surface area contributed by atoms with E-state index in [0.717, 1.165) is 29.5 Å². The second kappa shape index (κ2) is 8.03. The molecule has 3 aromatic rings. The first-order valence-electron chi connectivity index (χ1n) is 10.9. The molecule has 0 radical (unpaired) electrons. The molecule has 0 spiro atoms. The molecule has 0 saturated carbocycles. The van der Waals surface area contributed by atoms with Crippen LogP contribution in [0.1, 0.15) is 33.9 Å². The summed E-state index contributed by atoms with van der Waals surface area (Å²) < 4.78 is 0. The molecule has 2 amide bonds. The maximum Gasteiger partial charge on any atom is 0.248 e. The number of rotatable bonds is 4. The number of piperazine rings is 1. The Hall–Kier alpha value is -3.40. The minimum absolute atomic E-state index is 0.00719. The molecule has 0 aromatic heterocycles. The largest absolute Gasteiger partial charge is 0.342 e. The first kappa shape index (κ1) is 19.6. The van der Waals surface area contributed by atoms with Crippen LogP contribution >= 0.6 is 0 Å². The van der Waals surface area contributed by atoms with Crippen LogP contribution in [0.4, 0.5) is 0 Å². The van der Waals surface area contributed by atoms with Crippen molar-refractivity contribution >= 4 is 11.8 Å². The quantitative estimate of drug-likeness (QED) is 0.707. The Labute approximate surface area is 182 Å². The summed E-state index contributed by atoms with van der Waals surface area (Å²) in [6.07, 6.45) is 1.64. The molecule has 156 valence electrons. The van der Waals surface area contributed by atoms with Crippen LogP contribution in [0.2, 0.25) is 0 Å². The Morgan fingerprint density at radius 3 is 2.23 bits per heavy atom. The highest BCUT2D eigenvalue weighted by Crippen LogP contribution is 2.34. The van der Waals surface area contributed by atoms with E-state index < -0.39 is 12.1 Å². The molecule has 1 heterocycles. The van der Waals surface area contributed by atoms with Gasteiger partial charge in [0.1, 0.15) is 12.1 Å². The average Bonchev–Trinajstić information content (AvgIpc) is 3.21. The molecular formula is C27H26N2O2. The molecule has 2 aliphatic rings. The molecule has 1 aliphatic carbocycles. The highest BCUT2D eigenvalue weighted by Gasteiger charge is 2.45. The van der Waals surface area contributed by atoms with Gasteiger partial charge in [0.25, 0.3) is 0 Å². The van der Waals surface area contributed by atoms with Crippen molar-refractivity contribution in [1.82, 2.24) is 10.2 Å². The topological polar surface area (TPSA) is 49.4 Å². The van der Waals surface area contributed by atoms with Gasteiger partial charge in [0.05, 0.1) is 0 Å². The van der Waals surface area contributed by atoms with E-state index in [2.05, 4.69) is 23.5 Å². The maximum absolute atomic E-state index is 13.8. The van der Waals surface area contributed by atoms with Gasteiger partial charge < -0.3 is 10.2 Å². The van der Waals surface area contributed by atoms with Gasteiger partial charge in [-0.15, -0.1) is 0 Å². The van der Waals surface area contributed by atoms with Crippen molar-refractivity contribution in [3.05, 3.63) is 107 Å². The number of aryl methyl sites for hydroxylation is 1. The van der Waals surface area contributed by atoms with Gasteiger partial charge in [-0.2, -0.15) is 0 Å². The van der Waals surface area contributed by atoms with Gasteiger partial charge in [-0.25, -0.2) is 0 Å². The van der Waals surface area contributed by atoms with Crippen molar-refractivity contribution in [3.63, 3.8) is 0 Å². The lowest BCUT2D eigenvalue weighted by atomic mass is 9.90. The summed E-state index contributed by atoms with van der Waals surface area (Å²) >= 11 is 0. The standard InChI is InChI=1S/C27H26N2O2/c1-18-8-7-9-19(14-18)17-29-25(20-10-3-2-4-11-20)26(30)28-24(27(29)31)23-15-21-12-5-6-13-22(21)16-23/h2-14,23-25H,15-17H2,1H3,(H,28,30)/t24-,25-/m1/s1. The SMILES string of the molecule is Cc1cccc(CN2C(=O)[C@@H](C3Cc4ccccc4C3)NC(=O)[C@H]2c2ccccc2)c1. The lowest BCUT2D eigenvalue weighted by molar-refractivity contribution is -0.152. The Morgan fingerprint density at radius 1 is 0.871 bits per heavy atom. The van der Waals surface area contributed by atoms with Gasteiger partial charge in [-0.3, -0.25) is 9.59 Å². The zero-order valence-electron chi connectivity index (χ0n) is 17.6. The fraction of sp³-hybridized carbons (Fsp3) is 0.259. The fourth-order valence-electron chi connectivity index (χ4n) is 5.03. The fourth-order valence-corrected chi connectivity index (χ4v) is 5.03. The van der Waals surface area contributed by atoms with Crippen LogP contribution in [-0.4, -0.2) is 22.8 Å². The van der Waals surface area contributed by atoms with Crippen molar-refractivity contribution in [2.24, 2.45) is 5.92 Å². The van der Waals surface area contributed by atoms with Crippen molar-refractivity contribution in [2.75, 3.05) is 0 Å². The molecule has 2 atom stereocenters. The van der Waals surface area contributed by atoms with E-state index in [4.69, 9.17) is 0 Å². The summed E-state index contributed by atoms with van der Waals surface area (Å²) in [4.78, 5) is 28.9. The number of carbonyl (C=O) groups excluding carboxylic acids is 2. The molecule has 1 fully saturated rings. The van der Waals surface area contributed by atoms with Gasteiger partial charge in [0, 0.05) is 6.54 Å². The number of hydrogen-bond donors (Lipinski definition) is 1. The first-order chi connectivity index (χ1) is 15.1. The second-order valence-electron chi connectivity index (χ2n) is 8.69. The summed E-state index contributed by atoms with van der Waals surface area (Å²) in [6.45, 7) is 2.46. The Bertz CT molecular complexity index is 1100. The van der Waals surface area contributed by atoms with Crippen LogP contribution in [0.25, 0.3) is 0 Å². The monoisotopic (exact) mass is 410 g/mol. The third kappa shape index (κ3) is 3.74. The molecule has 0 unspecified atom stereocenters. The van der Waals surface area contributed by atoms with E-state index in [1.165, 1.54) is 11.1 Å². The summed E-state index contributed by atoms with van der Waals surface area (Å²) in [5, 5.41) is 3.09. The van der Waals surface area contributed by atoms with Gasteiger partial charge in [0.2, 0.25) is 11.8 Å². The molecule has 1 N–H and O–H groups in total. The molecule has 3 aromatic carbocycles. The third-order valence-corrected chi connectivity index (χ3v) is 6.51. The molecule has 1 aliphatic heterocycles. The number of hydrogen-bond acceptors (Lipinski definition) is 2. The van der Waals surface area contributed by atoms with E-state index >= 15 is 0 Å². The highest BCUT2D eigenvalue weighted by atomic mass is 16.2. The second-order valence-corrected chi connectivity index (χ2v) is 8.69. The van der Waals surface area contributed by atoms with E-state index in [-0.39, 0.29) is 17.7 Å². The van der Waals surface area contributed by atoms with E-state index in [1.807, 2.05) is 67.6 Å². The van der Waals surface area contributed by atoms with Gasteiger partial charge >= 0.3 is 0 Å². The van der Waals surface area contributed by atoms with Crippen LogP contribution in [0.15, 0.2) is 78.9 Å². The van der Waals surface area contributed by atoms with Crippen LogP contribution in [0.3, 0.4) is 0 Å². The Morgan fingerprint density at radius 2 is 1.55 bits per heavy atom. The lowest BCUT2D eigenvalue weighted by Crippen LogP contribution is -2.61. The minimum Gasteiger partial charge on any atom is -0.342 e. The molecule has 0 bridgehead atoms. The predicted molar refractivity (Wildman–Crippen MR) is 120 cm³/mol. The number of fused-ring (bicyclic) bond motifs is 1. The number of nitrogens with one attached hydrogen (secondary N) is 1. The number of carbonyl (C=O) groups is 2. The Kier molecular flexibility index (Phi) is 5.06. The predicted octanol–water partition coefficient (Wildman–Crippen LogP) is 3.98. The summed E-state index contributed by atoms with van der Waals surface area (Å²) in [5.41, 5.74) is 5.59. The van der Waals surface area contributed by atoms with Gasteiger partial charge in [-0.05, 0) is 47.9 Å². The third-order valence-electron chi connectivity index (χ3n) is 6.51. The van der Waals surface area contributed by atoms with Crippen molar-refractivity contribution in [2.45, 2.75) is 38.4 Å². The highest BCUT2D eigenvalue weighted by molar-refractivity contribution is 5.97. The van der Waals surface area contributed by atoms with Gasteiger partial charge in [-0.1, -0.05) is 84.4 Å². The van der Waals surface area contributed by atoms with Gasteiger partial charge in [0.15, 0.2) is 0 Å². The number of nitrogens with zero attached hydrogens (tertiary/aromatic N) is 1. The summed E-state index contributed by atoms with van der Waals surface area (Å²) in [5.74, 6) is -0.00208. The molecule has 4 nitrogen and oxygen atoms in total. The maximum atomic E-state index is 13.8. The van der Waals surface area contributed by atoms with E-state index in [9.17, 15) is 9.59 Å². The van der Waals surface area contributed by atoms with E-state index in [0.29, 0.717) is 6.54 Å². The van der Waals surface area contributed by atoms with Crippen LogP contribution in [0.5, 0.6) is 0 Å². The van der Waals surface area contributed by atoms with Crippen molar-refractivity contribution < 1.29 is 9.59 Å². The van der Waals surface area contributed by atoms with E-state index in [1.54, 1.807) is 4.90 Å². The normalized spacial score (nSPS) is 21.1. The zero-order valence-corrected chi connectivity index (χ0v) is 17.6. The van der Waals surface area contributed by atoms with Crippen LogP contribution < -0.4 is 5.32 Å². The van der Waals surface area contributed by atoms with Crippen LogP contribution in [0, 0.1) is 12.8 Å². The van der Waals surface area contributed by atoms with Crippen molar-refractivity contribution in [1.29, 1.82) is 0 Å². The molecule has 5 rings (SSSR count). The van der Waals surface area contributed by atoms with Crippen molar-refractivity contribution in [3.8, 4) is 0 Å². The molecule has 4 heteroatoms. The smallest absolute Gasteiger partial charge is 0.248 e. The molecule has 1 saturated heterocycles. The first-order valence-corrected chi connectivity index (χ1v) is 10.9. The molecular weight excluding hydrogens is 384 g/mol. The zero-order chi connectivity index (χ0) is 21.4. The Balaban J connectivity index is 1.48. The minimum atomic E-state index is -0.616. The lowest BCUT2D eigenvalue weighted by Gasteiger charge is -2.41. The summed E-state index contributed by atoms with van der Waals surface area (Å²) in [6, 6.07) is 25.0. The average molecular weight is 411 g/mol. The number of benzene rings is 3.